The van der Waals surface area contributed by atoms with E-state index in [0.717, 1.165) is 5.56 Å². The van der Waals surface area contributed by atoms with Gasteiger partial charge in [0.25, 0.3) is 5.91 Å². The Bertz CT molecular complexity index is 859. The number of aryl methyl sites for hydroxylation is 1. The first-order valence-corrected chi connectivity index (χ1v) is 7.29. The van der Waals surface area contributed by atoms with Crippen LogP contribution in [0.3, 0.4) is 0 Å². The van der Waals surface area contributed by atoms with E-state index < -0.39 is 0 Å². The molecule has 4 nitrogen and oxygen atoms in total. The molecule has 0 saturated carbocycles. The van der Waals surface area contributed by atoms with Crippen LogP contribution < -0.4 is 5.32 Å². The van der Waals surface area contributed by atoms with Crippen LogP contribution >= 0.6 is 11.6 Å². The smallest absolute Gasteiger partial charge is 0.259 e. The first kappa shape index (κ1) is 15.2. The summed E-state index contributed by atoms with van der Waals surface area (Å²) in [5.74, 6) is -0.736. The number of hydrogen-bond acceptors (Lipinski definition) is 2. The minimum absolute atomic E-state index is 0.368. The zero-order valence-electron chi connectivity index (χ0n) is 12.2. The number of amides is 1. The molecule has 0 radical (unpaired) electrons. The number of nitrogens with one attached hydrogen (secondary N) is 2. The summed E-state index contributed by atoms with van der Waals surface area (Å²) in [5.41, 5.74) is 2.64. The van der Waals surface area contributed by atoms with Crippen LogP contribution in [0.1, 0.15) is 15.9 Å². The van der Waals surface area contributed by atoms with Crippen LogP contribution in [0.2, 0.25) is 5.02 Å². The fourth-order valence-corrected chi connectivity index (χ4v) is 2.29. The molecule has 0 atom stereocenters. The zero-order chi connectivity index (χ0) is 16.4. The Morgan fingerprint density at radius 2 is 1.96 bits per heavy atom. The number of hydrogen-bond donors (Lipinski definition) is 2. The van der Waals surface area contributed by atoms with E-state index in [2.05, 4.69) is 15.5 Å². The summed E-state index contributed by atoms with van der Waals surface area (Å²) < 4.78 is 13.6. The lowest BCUT2D eigenvalue weighted by molar-refractivity contribution is 0.102. The quantitative estimate of drug-likeness (QED) is 0.746. The third-order valence-electron chi connectivity index (χ3n) is 3.45. The summed E-state index contributed by atoms with van der Waals surface area (Å²) in [5, 5.41) is 10.00. The van der Waals surface area contributed by atoms with Gasteiger partial charge in [-0.2, -0.15) is 5.10 Å². The number of benzene rings is 2. The molecule has 0 aliphatic heterocycles. The molecule has 0 saturated heterocycles. The molecule has 2 N–H and O–H groups in total. The predicted octanol–water partition coefficient (Wildman–Crippen LogP) is 4.43. The highest BCUT2D eigenvalue weighted by molar-refractivity contribution is 6.30. The molecule has 0 fully saturated rings. The number of H-pyrrole nitrogens is 1. The van der Waals surface area contributed by atoms with Crippen molar-refractivity contribution in [2.24, 2.45) is 0 Å². The third-order valence-corrected chi connectivity index (χ3v) is 3.70. The van der Waals surface area contributed by atoms with Crippen LogP contribution in [-0.2, 0) is 0 Å². The van der Waals surface area contributed by atoms with E-state index in [0.29, 0.717) is 27.5 Å². The normalized spacial score (nSPS) is 10.6. The molecule has 116 valence electrons. The van der Waals surface area contributed by atoms with E-state index in [9.17, 15) is 9.18 Å². The van der Waals surface area contributed by atoms with Gasteiger partial charge in [-0.05, 0) is 36.8 Å². The molecule has 0 aliphatic carbocycles. The van der Waals surface area contributed by atoms with E-state index >= 15 is 0 Å². The van der Waals surface area contributed by atoms with Crippen molar-refractivity contribution in [2.45, 2.75) is 6.92 Å². The summed E-state index contributed by atoms with van der Waals surface area (Å²) >= 11 is 5.87. The molecule has 0 bridgehead atoms. The predicted molar refractivity (Wildman–Crippen MR) is 88.1 cm³/mol. The molecular formula is C17H13ClFN3O. The van der Waals surface area contributed by atoms with Gasteiger partial charge in [0.15, 0.2) is 0 Å². The molecule has 23 heavy (non-hydrogen) atoms. The number of halogens is 2. The summed E-state index contributed by atoms with van der Waals surface area (Å²) in [7, 11) is 0. The summed E-state index contributed by atoms with van der Waals surface area (Å²) in [6, 6.07) is 11.6. The van der Waals surface area contributed by atoms with Crippen molar-refractivity contribution < 1.29 is 9.18 Å². The van der Waals surface area contributed by atoms with Crippen LogP contribution in [0.15, 0.2) is 48.7 Å². The number of rotatable bonds is 3. The second-order valence-electron chi connectivity index (χ2n) is 5.08. The maximum Gasteiger partial charge on any atom is 0.259 e. The van der Waals surface area contributed by atoms with Gasteiger partial charge < -0.3 is 5.32 Å². The van der Waals surface area contributed by atoms with E-state index in [1.807, 2.05) is 0 Å². The largest absolute Gasteiger partial charge is 0.322 e. The molecule has 2 aromatic carbocycles. The molecular weight excluding hydrogens is 317 g/mol. The first-order chi connectivity index (χ1) is 11.0. The van der Waals surface area contributed by atoms with Crippen LogP contribution in [0, 0.1) is 12.7 Å². The number of carbonyl (C=O) groups is 1. The minimum atomic E-state index is -0.369. The molecule has 1 amide bonds. The van der Waals surface area contributed by atoms with Crippen LogP contribution in [0.4, 0.5) is 10.1 Å². The van der Waals surface area contributed by atoms with Crippen LogP contribution in [0.25, 0.3) is 11.3 Å². The Balaban J connectivity index is 1.87. The molecule has 0 unspecified atom stereocenters. The van der Waals surface area contributed by atoms with Gasteiger partial charge in [0.05, 0.1) is 17.5 Å². The molecule has 3 aromatic rings. The molecule has 0 aliphatic rings. The van der Waals surface area contributed by atoms with Crippen LogP contribution in [0.5, 0.6) is 0 Å². The molecule has 1 heterocycles. The van der Waals surface area contributed by atoms with Gasteiger partial charge in [-0.15, -0.1) is 0 Å². The Morgan fingerprint density at radius 3 is 2.65 bits per heavy atom. The van der Waals surface area contributed by atoms with E-state index in [-0.39, 0.29) is 11.7 Å². The van der Waals surface area contributed by atoms with Crippen molar-refractivity contribution >= 4 is 23.2 Å². The standard InChI is InChI=1S/C17H13ClFN3O/c1-10-2-7-13(8-15(10)19)21-17(23)14-9-20-22-16(14)11-3-5-12(18)6-4-11/h2-9H,1H3,(H,20,22)(H,21,23). The number of aromatic amines is 1. The fourth-order valence-electron chi connectivity index (χ4n) is 2.16. The summed E-state index contributed by atoms with van der Waals surface area (Å²) in [6.45, 7) is 1.66. The Hall–Kier alpha value is -2.66. The molecule has 3 rings (SSSR count). The van der Waals surface area contributed by atoms with Gasteiger partial charge in [-0.1, -0.05) is 29.8 Å². The highest BCUT2D eigenvalue weighted by Crippen LogP contribution is 2.24. The minimum Gasteiger partial charge on any atom is -0.322 e. The maximum absolute atomic E-state index is 13.6. The number of aromatic nitrogens is 2. The number of anilines is 1. The lowest BCUT2D eigenvalue weighted by Crippen LogP contribution is -2.12. The van der Waals surface area contributed by atoms with Crippen molar-refractivity contribution in [2.75, 3.05) is 5.32 Å². The van der Waals surface area contributed by atoms with Crippen molar-refractivity contribution in [1.29, 1.82) is 0 Å². The van der Waals surface area contributed by atoms with E-state index in [1.54, 1.807) is 43.3 Å². The number of nitrogens with zero attached hydrogens (tertiary/aromatic N) is 1. The molecule has 0 spiro atoms. The zero-order valence-corrected chi connectivity index (χ0v) is 13.0. The van der Waals surface area contributed by atoms with Crippen LogP contribution in [-0.4, -0.2) is 16.1 Å². The van der Waals surface area contributed by atoms with Crippen molar-refractivity contribution in [3.05, 3.63) is 70.6 Å². The van der Waals surface area contributed by atoms with Gasteiger partial charge in [-0.25, -0.2) is 4.39 Å². The second kappa shape index (κ2) is 6.22. The third kappa shape index (κ3) is 3.24. The van der Waals surface area contributed by atoms with Gasteiger partial charge >= 0.3 is 0 Å². The monoisotopic (exact) mass is 329 g/mol. The Labute approximate surface area is 137 Å². The van der Waals surface area contributed by atoms with Gasteiger partial charge in [0, 0.05) is 16.3 Å². The SMILES string of the molecule is Cc1ccc(NC(=O)c2cn[nH]c2-c2ccc(Cl)cc2)cc1F. The topological polar surface area (TPSA) is 57.8 Å². The summed E-state index contributed by atoms with van der Waals surface area (Å²) in [6.07, 6.45) is 1.43. The fraction of sp³-hybridized carbons (Fsp3) is 0.0588. The van der Waals surface area contributed by atoms with Crippen molar-refractivity contribution in [3.63, 3.8) is 0 Å². The lowest BCUT2D eigenvalue weighted by atomic mass is 10.1. The van der Waals surface area contributed by atoms with Crippen molar-refractivity contribution in [3.8, 4) is 11.3 Å². The summed E-state index contributed by atoms with van der Waals surface area (Å²) in [4.78, 5) is 12.4. The van der Waals surface area contributed by atoms with E-state index in [4.69, 9.17) is 11.6 Å². The lowest BCUT2D eigenvalue weighted by Gasteiger charge is -2.07. The Kier molecular flexibility index (Phi) is 4.12. The first-order valence-electron chi connectivity index (χ1n) is 6.91. The highest BCUT2D eigenvalue weighted by atomic mass is 35.5. The van der Waals surface area contributed by atoms with Gasteiger partial charge in [-0.3, -0.25) is 9.89 Å². The van der Waals surface area contributed by atoms with Crippen molar-refractivity contribution in [1.82, 2.24) is 10.2 Å². The highest BCUT2D eigenvalue weighted by Gasteiger charge is 2.16. The molecule has 6 heteroatoms. The Morgan fingerprint density at radius 1 is 1.22 bits per heavy atom. The van der Waals surface area contributed by atoms with Gasteiger partial charge in [0.2, 0.25) is 0 Å². The number of carbonyl (C=O) groups excluding carboxylic acids is 1. The average Bonchev–Trinajstić information content (AvgIpc) is 3.01. The molecule has 1 aromatic heterocycles. The second-order valence-corrected chi connectivity index (χ2v) is 5.52. The maximum atomic E-state index is 13.6. The van der Waals surface area contributed by atoms with Gasteiger partial charge in [0.1, 0.15) is 5.82 Å². The van der Waals surface area contributed by atoms with E-state index in [1.165, 1.54) is 12.3 Å². The average molecular weight is 330 g/mol.